The zero-order valence-electron chi connectivity index (χ0n) is 26.4. The van der Waals surface area contributed by atoms with Crippen LogP contribution in [0, 0.1) is 0 Å². The summed E-state index contributed by atoms with van der Waals surface area (Å²) in [5.74, 6) is 0. The first kappa shape index (κ1) is 33.6. The molecule has 0 atom stereocenters. The summed E-state index contributed by atoms with van der Waals surface area (Å²) in [6.45, 7) is 6.76. The van der Waals surface area contributed by atoms with Crippen LogP contribution in [0.3, 0.4) is 0 Å². The first-order valence-corrected chi connectivity index (χ1v) is 18.5. The van der Waals surface area contributed by atoms with Crippen LogP contribution in [0.15, 0.2) is 61.9 Å². The highest BCUT2D eigenvalue weighted by molar-refractivity contribution is 8.18. The Morgan fingerprint density at radius 3 is 1.81 bits per heavy atom. The van der Waals surface area contributed by atoms with Gasteiger partial charge in [0.1, 0.15) is 18.3 Å². The average Bonchev–Trinajstić information content (AvgIpc) is 3.66. The molecule has 2 aliphatic rings. The fourth-order valence-corrected chi connectivity index (χ4v) is 7.78. The van der Waals surface area contributed by atoms with Crippen molar-refractivity contribution in [3.05, 3.63) is 78.3 Å². The molecule has 0 unspecified atom stereocenters. The molecule has 1 N–H and O–H groups in total. The van der Waals surface area contributed by atoms with Gasteiger partial charge in [-0.3, -0.25) is 9.59 Å². The van der Waals surface area contributed by atoms with Crippen LogP contribution >= 0.6 is 23.5 Å². The lowest BCUT2D eigenvalue weighted by Crippen LogP contribution is -2.65. The molecule has 0 aliphatic carbocycles. The lowest BCUT2D eigenvalue weighted by atomic mass is 10.1. The van der Waals surface area contributed by atoms with E-state index >= 15 is 0 Å². The standard InChI is InChI=1S/C37H50N2O2S2/c1-3-5-7-9-11-13-15-19-27-39(28-20-16-14-12-10-8-6-4-2)33-26-24-29(42-33)23-25-30-35(40)34(36(30)41)37-38-31-21-17-18-22-32(31)43-37/h17-18,21-26H,3-16,19-20,27-28H2,1-2H3/p+1/b29-23-. The molecule has 0 saturated carbocycles. The Morgan fingerprint density at radius 1 is 0.674 bits per heavy atom. The van der Waals surface area contributed by atoms with Crippen LogP contribution in [0.25, 0.3) is 11.1 Å². The third kappa shape index (κ3) is 10.1. The molecule has 2 aliphatic heterocycles. The van der Waals surface area contributed by atoms with Crippen LogP contribution in [-0.4, -0.2) is 22.7 Å². The zero-order valence-corrected chi connectivity index (χ0v) is 28.1. The van der Waals surface area contributed by atoms with Gasteiger partial charge in [0.05, 0.1) is 15.9 Å². The highest BCUT2D eigenvalue weighted by atomic mass is 32.2. The SMILES string of the molecule is CCCCCCCCCC[N+](CCCCCCCCCC)=C1C=C/C(=C/C=c2c(=O)c(=C3Nc4ccccc4S3)c2=O)S1. The molecule has 0 radical (unpaired) electrons. The summed E-state index contributed by atoms with van der Waals surface area (Å²) in [5, 5.41) is 5.77. The Bertz CT molecular complexity index is 1400. The number of anilines is 1. The molecule has 0 bridgehead atoms. The Balaban J connectivity index is 1.35. The van der Waals surface area contributed by atoms with E-state index in [1.54, 1.807) is 17.8 Å². The summed E-state index contributed by atoms with van der Waals surface area (Å²) in [4.78, 5) is 28.0. The Morgan fingerprint density at radius 2 is 1.23 bits per heavy atom. The molecule has 4 rings (SSSR count). The number of allylic oxidation sites excluding steroid dienone is 2. The number of rotatable bonds is 19. The van der Waals surface area contributed by atoms with E-state index in [9.17, 15) is 9.59 Å². The fourth-order valence-electron chi connectivity index (χ4n) is 5.77. The van der Waals surface area contributed by atoms with E-state index < -0.39 is 0 Å². The van der Waals surface area contributed by atoms with Crippen molar-refractivity contribution in [1.29, 1.82) is 0 Å². The minimum atomic E-state index is -0.160. The van der Waals surface area contributed by atoms with Crippen molar-refractivity contribution in [3.63, 3.8) is 0 Å². The number of hydrogen-bond acceptors (Lipinski definition) is 5. The zero-order chi connectivity index (χ0) is 30.3. The number of benzene rings is 1. The van der Waals surface area contributed by atoms with Crippen molar-refractivity contribution < 1.29 is 4.58 Å². The minimum Gasteiger partial charge on any atom is -0.348 e. The highest BCUT2D eigenvalue weighted by Gasteiger charge is 2.22. The van der Waals surface area contributed by atoms with Crippen molar-refractivity contribution in [2.24, 2.45) is 0 Å². The van der Waals surface area contributed by atoms with Crippen molar-refractivity contribution in [2.45, 2.75) is 121 Å². The number of nitrogens with zero attached hydrogens (tertiary/aromatic N) is 1. The Labute approximate surface area is 267 Å². The molecule has 0 spiro atoms. The van der Waals surface area contributed by atoms with Crippen LogP contribution in [-0.2, 0) is 0 Å². The monoisotopic (exact) mass is 619 g/mol. The molecule has 2 aromatic rings. The van der Waals surface area contributed by atoms with E-state index in [2.05, 4.69) is 35.9 Å². The van der Waals surface area contributed by atoms with Gasteiger partial charge in [0.25, 0.3) is 0 Å². The maximum absolute atomic E-state index is 12.9. The molecular weight excluding hydrogens is 569 g/mol. The van der Waals surface area contributed by atoms with Gasteiger partial charge in [0, 0.05) is 28.7 Å². The fraction of sp³-hybridized carbons (Fsp3) is 0.541. The quantitative estimate of drug-likeness (QED) is 0.127. The number of thioether (sulfide) groups is 2. The van der Waals surface area contributed by atoms with Crippen LogP contribution in [0.1, 0.15) is 117 Å². The van der Waals surface area contributed by atoms with Gasteiger partial charge in [-0.15, -0.1) is 0 Å². The number of nitrogens with one attached hydrogen (secondary N) is 1. The van der Waals surface area contributed by atoms with Gasteiger partial charge >= 0.3 is 0 Å². The van der Waals surface area contributed by atoms with E-state index in [4.69, 9.17) is 0 Å². The van der Waals surface area contributed by atoms with E-state index in [0.717, 1.165) is 28.6 Å². The van der Waals surface area contributed by atoms with Gasteiger partial charge in [-0.25, -0.2) is 4.58 Å². The number of para-hydroxylation sites is 1. The topological polar surface area (TPSA) is 49.2 Å². The second kappa shape index (κ2) is 18.5. The Kier molecular flexibility index (Phi) is 14.4. The summed E-state index contributed by atoms with van der Waals surface area (Å²) in [5.41, 5.74) is 0.632. The molecule has 4 nitrogen and oxygen atoms in total. The summed E-state index contributed by atoms with van der Waals surface area (Å²) in [7, 11) is 0. The maximum Gasteiger partial charge on any atom is 0.239 e. The van der Waals surface area contributed by atoms with Crippen LogP contribution in [0.4, 0.5) is 5.69 Å². The van der Waals surface area contributed by atoms with Crippen LogP contribution in [0.2, 0.25) is 0 Å². The molecular formula is C37H51N2O2S2+. The molecule has 2 aromatic carbocycles. The Hall–Kier alpha value is -2.31. The average molecular weight is 620 g/mol. The molecule has 43 heavy (non-hydrogen) atoms. The minimum absolute atomic E-state index is 0.160. The van der Waals surface area contributed by atoms with Crippen LogP contribution < -0.4 is 26.6 Å². The first-order chi connectivity index (χ1) is 21.1. The predicted molar refractivity (Wildman–Crippen MR) is 189 cm³/mol. The molecule has 2 heterocycles. The molecule has 0 amide bonds. The lowest BCUT2D eigenvalue weighted by molar-refractivity contribution is -0.525. The van der Waals surface area contributed by atoms with Crippen molar-refractivity contribution in [3.8, 4) is 0 Å². The maximum atomic E-state index is 12.9. The summed E-state index contributed by atoms with van der Waals surface area (Å²) >= 11 is 3.23. The second-order valence-corrected chi connectivity index (χ2v) is 14.1. The van der Waals surface area contributed by atoms with E-state index in [1.807, 2.05) is 30.3 Å². The highest BCUT2D eigenvalue weighted by Crippen LogP contribution is 2.40. The smallest absolute Gasteiger partial charge is 0.239 e. The van der Waals surface area contributed by atoms with Gasteiger partial charge in [-0.05, 0) is 55.0 Å². The van der Waals surface area contributed by atoms with E-state index in [-0.39, 0.29) is 21.3 Å². The lowest BCUT2D eigenvalue weighted by Gasteiger charge is -2.07. The van der Waals surface area contributed by atoms with Gasteiger partial charge in [0.15, 0.2) is 0 Å². The van der Waals surface area contributed by atoms with E-state index in [1.165, 1.54) is 120 Å². The van der Waals surface area contributed by atoms with Gasteiger partial charge < -0.3 is 5.32 Å². The molecule has 6 heteroatoms. The summed E-state index contributed by atoms with van der Waals surface area (Å²) in [6, 6.07) is 7.88. The van der Waals surface area contributed by atoms with Crippen molar-refractivity contribution >= 4 is 45.4 Å². The van der Waals surface area contributed by atoms with Gasteiger partial charge in [-0.2, -0.15) is 0 Å². The third-order valence-corrected chi connectivity index (χ3v) is 10.6. The first-order valence-electron chi connectivity index (χ1n) is 16.9. The van der Waals surface area contributed by atoms with Gasteiger partial charge in [0.2, 0.25) is 15.9 Å². The molecule has 232 valence electrons. The van der Waals surface area contributed by atoms with Gasteiger partial charge in [-0.1, -0.05) is 115 Å². The third-order valence-electron chi connectivity index (χ3n) is 8.42. The normalized spacial score (nSPS) is 15.1. The number of hydrogen-bond donors (Lipinski definition) is 1. The molecule has 0 aromatic heterocycles. The predicted octanol–water partition coefficient (Wildman–Crippen LogP) is 8.23. The summed E-state index contributed by atoms with van der Waals surface area (Å²) in [6.07, 6.45) is 29.4. The number of unbranched alkanes of at least 4 members (excludes halogenated alkanes) is 14. The summed E-state index contributed by atoms with van der Waals surface area (Å²) < 4.78 is 2.58. The van der Waals surface area contributed by atoms with Crippen molar-refractivity contribution in [2.75, 3.05) is 18.4 Å². The molecule has 0 fully saturated rings. The van der Waals surface area contributed by atoms with Crippen molar-refractivity contribution in [1.82, 2.24) is 0 Å². The largest absolute Gasteiger partial charge is 0.348 e. The van der Waals surface area contributed by atoms with Crippen LogP contribution in [0.5, 0.6) is 0 Å². The second-order valence-electron chi connectivity index (χ2n) is 11.9. The molecule has 0 saturated heterocycles. The number of fused-ring (bicyclic) bond motifs is 1. The van der Waals surface area contributed by atoms with E-state index in [0.29, 0.717) is 5.03 Å².